The van der Waals surface area contributed by atoms with Crippen LogP contribution >= 0.6 is 0 Å². The quantitative estimate of drug-likeness (QED) is 0.0404. The van der Waals surface area contributed by atoms with Crippen LogP contribution in [-0.4, -0.2) is 73.6 Å². The van der Waals surface area contributed by atoms with Crippen LogP contribution < -0.4 is 10.6 Å². The third-order valence-corrected chi connectivity index (χ3v) is 8.58. The van der Waals surface area contributed by atoms with Crippen molar-refractivity contribution < 1.29 is 10.2 Å². The highest BCUT2D eigenvalue weighted by Gasteiger charge is 2.05. The number of nitrogens with zero attached hydrogens (tertiary/aromatic N) is 1. The monoisotopic (exact) mass is 646 g/mol. The van der Waals surface area contributed by atoms with Gasteiger partial charge in [-0.1, -0.05) is 127 Å². The van der Waals surface area contributed by atoms with Gasteiger partial charge >= 0.3 is 0 Å². The predicted molar refractivity (Wildman–Crippen MR) is 205 cm³/mol. The summed E-state index contributed by atoms with van der Waals surface area (Å²) in [7, 11) is 2.13. The average molecular weight is 646 g/mol. The van der Waals surface area contributed by atoms with Crippen molar-refractivity contribution in [2.24, 2.45) is 0 Å². The molecule has 0 rings (SSSR count). The van der Waals surface area contributed by atoms with Crippen molar-refractivity contribution in [3.8, 4) is 0 Å². The summed E-state index contributed by atoms with van der Waals surface area (Å²) in [5, 5.41) is 27.3. The maximum absolute atomic E-state index is 10.3. The first-order valence-corrected chi connectivity index (χ1v) is 19.7. The molecule has 0 bridgehead atoms. The lowest BCUT2D eigenvalue weighted by molar-refractivity contribution is 0.155. The molecule has 0 aromatic carbocycles. The Balaban J connectivity index is 3.49. The van der Waals surface area contributed by atoms with E-state index in [0.717, 1.165) is 90.4 Å². The highest BCUT2D eigenvalue weighted by atomic mass is 16.3. The van der Waals surface area contributed by atoms with Gasteiger partial charge in [-0.25, -0.2) is 0 Å². The molecule has 0 heterocycles. The minimum Gasteiger partial charge on any atom is -0.392 e. The number of hydrogen-bond donors (Lipinski definition) is 4. The van der Waals surface area contributed by atoms with E-state index in [1.807, 2.05) is 0 Å². The van der Waals surface area contributed by atoms with Crippen molar-refractivity contribution >= 4 is 0 Å². The maximum atomic E-state index is 10.3. The van der Waals surface area contributed by atoms with Crippen molar-refractivity contribution in [1.29, 1.82) is 0 Å². The van der Waals surface area contributed by atoms with Crippen LogP contribution in [0, 0.1) is 0 Å². The third-order valence-electron chi connectivity index (χ3n) is 8.58. The van der Waals surface area contributed by atoms with Gasteiger partial charge in [0.15, 0.2) is 0 Å². The average Bonchev–Trinajstić information content (AvgIpc) is 3.05. The second-order valence-electron chi connectivity index (χ2n) is 13.4. The van der Waals surface area contributed by atoms with Gasteiger partial charge in [0.05, 0.1) is 12.2 Å². The van der Waals surface area contributed by atoms with Crippen molar-refractivity contribution in [1.82, 2.24) is 15.5 Å². The van der Waals surface area contributed by atoms with Gasteiger partial charge in [-0.2, -0.15) is 0 Å². The number of nitrogens with one attached hydrogen (secondary N) is 2. The normalized spacial score (nSPS) is 13.9. The molecule has 4 N–H and O–H groups in total. The minimum absolute atomic E-state index is 0.259. The van der Waals surface area contributed by atoms with Crippen LogP contribution in [0.4, 0.5) is 0 Å². The summed E-state index contributed by atoms with van der Waals surface area (Å²) in [4.78, 5) is 2.29. The van der Waals surface area contributed by atoms with Gasteiger partial charge in [0.25, 0.3) is 0 Å². The molecule has 0 radical (unpaired) electrons. The first kappa shape index (κ1) is 44.8. The lowest BCUT2D eigenvalue weighted by Crippen LogP contribution is -2.38. The summed E-state index contributed by atoms with van der Waals surface area (Å²) in [5.41, 5.74) is 0. The Bertz CT molecular complexity index is 648. The number of likely N-dealkylation sites (N-methyl/N-ethyl adjacent to an activating group) is 1. The van der Waals surface area contributed by atoms with Gasteiger partial charge in [-0.15, -0.1) is 0 Å². The van der Waals surface area contributed by atoms with Crippen molar-refractivity contribution in [3.05, 3.63) is 48.6 Å². The fourth-order valence-electron chi connectivity index (χ4n) is 5.42. The summed E-state index contributed by atoms with van der Waals surface area (Å²) >= 11 is 0. The molecule has 270 valence electrons. The standard InChI is InChI=1S/C41H79N3O2/c1-4-6-8-10-12-14-16-18-20-22-24-26-28-30-32-40(45)38-42-34-36-44(3)37-35-43-39-41(46)33-31-29-27-25-23-21-19-17-15-13-11-9-7-5-2/h16-19,22-25,40-43,45-46H,4-15,20-21,26-39H2,1-3H3/b18-16-,19-17-,24-22-,25-23-. The second kappa shape index (κ2) is 38.2. The van der Waals surface area contributed by atoms with E-state index in [4.69, 9.17) is 0 Å². The van der Waals surface area contributed by atoms with Gasteiger partial charge in [0, 0.05) is 39.3 Å². The Morgan fingerprint density at radius 1 is 0.478 bits per heavy atom. The third kappa shape index (κ3) is 37.2. The molecule has 0 aliphatic heterocycles. The molecule has 0 aliphatic carbocycles. The van der Waals surface area contributed by atoms with Gasteiger partial charge in [0.2, 0.25) is 0 Å². The molecule has 0 aromatic heterocycles. The summed E-state index contributed by atoms with van der Waals surface area (Å²) < 4.78 is 0. The van der Waals surface area contributed by atoms with Crippen LogP contribution in [0.1, 0.15) is 155 Å². The number of allylic oxidation sites excluding steroid dienone is 8. The van der Waals surface area contributed by atoms with Crippen molar-refractivity contribution in [2.45, 2.75) is 167 Å². The largest absolute Gasteiger partial charge is 0.392 e. The van der Waals surface area contributed by atoms with Crippen LogP contribution in [0.25, 0.3) is 0 Å². The molecule has 5 nitrogen and oxygen atoms in total. The molecule has 0 aromatic rings. The molecular weight excluding hydrogens is 566 g/mol. The molecule has 0 saturated heterocycles. The smallest absolute Gasteiger partial charge is 0.0664 e. The van der Waals surface area contributed by atoms with Gasteiger partial charge in [0.1, 0.15) is 0 Å². The second-order valence-corrected chi connectivity index (χ2v) is 13.4. The Labute approximate surface area is 287 Å². The molecule has 0 aliphatic rings. The van der Waals surface area contributed by atoms with E-state index in [9.17, 15) is 10.2 Å². The van der Waals surface area contributed by atoms with Gasteiger partial charge in [-0.05, 0) is 84.1 Å². The summed E-state index contributed by atoms with van der Waals surface area (Å²) in [6.45, 7) is 9.55. The molecule has 2 atom stereocenters. The highest BCUT2D eigenvalue weighted by molar-refractivity contribution is 4.93. The SMILES string of the molecule is CCCCCCC/C=C\C/C=C\CCCCC(O)CNCCN(C)CCNCC(O)CCCC/C=C\C/C=C\CCCCCCC. The van der Waals surface area contributed by atoms with E-state index in [0.29, 0.717) is 13.1 Å². The lowest BCUT2D eigenvalue weighted by Gasteiger charge is -2.19. The van der Waals surface area contributed by atoms with Crippen LogP contribution in [0.15, 0.2) is 48.6 Å². The minimum atomic E-state index is -0.259. The van der Waals surface area contributed by atoms with E-state index in [2.05, 4.69) is 85.0 Å². The van der Waals surface area contributed by atoms with Gasteiger partial charge in [-0.3, -0.25) is 0 Å². The Kier molecular flexibility index (Phi) is 37.2. The number of hydrogen-bond acceptors (Lipinski definition) is 5. The molecule has 0 saturated carbocycles. The Hall–Kier alpha value is -1.24. The summed E-state index contributed by atoms with van der Waals surface area (Å²) in [5.74, 6) is 0. The predicted octanol–water partition coefficient (Wildman–Crippen LogP) is 9.67. The summed E-state index contributed by atoms with van der Waals surface area (Å²) in [6, 6.07) is 0. The fraction of sp³-hybridized carbons (Fsp3) is 0.805. The molecule has 0 spiro atoms. The van der Waals surface area contributed by atoms with E-state index in [-0.39, 0.29) is 12.2 Å². The van der Waals surface area contributed by atoms with E-state index < -0.39 is 0 Å². The van der Waals surface area contributed by atoms with Crippen molar-refractivity contribution in [2.75, 3.05) is 46.3 Å². The topological polar surface area (TPSA) is 67.8 Å². The van der Waals surface area contributed by atoms with Crippen LogP contribution in [0.2, 0.25) is 0 Å². The number of unbranched alkanes of at least 4 members (excludes halogenated alkanes) is 14. The van der Waals surface area contributed by atoms with Crippen LogP contribution in [0.3, 0.4) is 0 Å². The molecule has 46 heavy (non-hydrogen) atoms. The number of rotatable bonds is 36. The highest BCUT2D eigenvalue weighted by Crippen LogP contribution is 2.08. The van der Waals surface area contributed by atoms with Gasteiger partial charge < -0.3 is 25.7 Å². The zero-order valence-electron chi connectivity index (χ0n) is 30.9. The zero-order valence-corrected chi connectivity index (χ0v) is 30.9. The van der Waals surface area contributed by atoms with Crippen LogP contribution in [0.5, 0.6) is 0 Å². The first-order chi connectivity index (χ1) is 22.6. The molecule has 2 unspecified atom stereocenters. The molecule has 0 fully saturated rings. The van der Waals surface area contributed by atoms with E-state index in [1.165, 1.54) is 77.0 Å². The molecular formula is C41H79N3O2. The zero-order chi connectivity index (χ0) is 33.6. The number of aliphatic hydroxyl groups excluding tert-OH is 2. The van der Waals surface area contributed by atoms with E-state index in [1.54, 1.807) is 0 Å². The molecule has 0 amide bonds. The number of aliphatic hydroxyl groups is 2. The molecule has 5 heteroatoms. The first-order valence-electron chi connectivity index (χ1n) is 19.7. The maximum Gasteiger partial charge on any atom is 0.0664 e. The van der Waals surface area contributed by atoms with E-state index >= 15 is 0 Å². The lowest BCUT2D eigenvalue weighted by atomic mass is 10.1. The van der Waals surface area contributed by atoms with Crippen LogP contribution in [-0.2, 0) is 0 Å². The fourth-order valence-corrected chi connectivity index (χ4v) is 5.42. The van der Waals surface area contributed by atoms with Crippen molar-refractivity contribution in [3.63, 3.8) is 0 Å². The Morgan fingerprint density at radius 3 is 1.20 bits per heavy atom. The summed E-state index contributed by atoms with van der Waals surface area (Å²) in [6.07, 6.45) is 44.4. The Morgan fingerprint density at radius 2 is 0.826 bits per heavy atom.